The Morgan fingerprint density at radius 3 is 1.56 bits per heavy atom. The van der Waals surface area contributed by atoms with Crippen LogP contribution in [0.2, 0.25) is 0 Å². The zero-order chi connectivity index (χ0) is 15.0. The SMILES string of the molecule is CC(C)(C)COC(=O)C([O-])(C(F)(F)F)C(F)(F)F. The van der Waals surface area contributed by atoms with E-state index in [1.807, 2.05) is 0 Å². The summed E-state index contributed by atoms with van der Waals surface area (Å²) >= 11 is 0. The maximum Gasteiger partial charge on any atom is 0.399 e. The molecule has 0 heterocycles. The Morgan fingerprint density at radius 2 is 1.33 bits per heavy atom. The van der Waals surface area contributed by atoms with Crippen LogP contribution in [0.3, 0.4) is 0 Å². The number of hydrogen-bond donors (Lipinski definition) is 0. The van der Waals surface area contributed by atoms with Gasteiger partial charge in [0.05, 0.1) is 6.61 Å². The van der Waals surface area contributed by atoms with Gasteiger partial charge >= 0.3 is 18.3 Å². The third-order valence-electron chi connectivity index (χ3n) is 1.72. The predicted octanol–water partition coefficient (Wildman–Crippen LogP) is 1.80. The van der Waals surface area contributed by atoms with Crippen molar-refractivity contribution in [1.29, 1.82) is 0 Å². The van der Waals surface area contributed by atoms with E-state index >= 15 is 0 Å². The zero-order valence-electron chi connectivity index (χ0n) is 9.70. The Balaban J connectivity index is 5.21. The van der Waals surface area contributed by atoms with E-state index < -0.39 is 35.9 Å². The average molecular weight is 281 g/mol. The summed E-state index contributed by atoms with van der Waals surface area (Å²) < 4.78 is 76.7. The van der Waals surface area contributed by atoms with Gasteiger partial charge in [-0.05, 0) is 5.41 Å². The van der Waals surface area contributed by atoms with Crippen molar-refractivity contribution >= 4 is 5.97 Å². The molecule has 0 aliphatic rings. The van der Waals surface area contributed by atoms with Gasteiger partial charge in [-0.15, -0.1) is 0 Å². The van der Waals surface area contributed by atoms with Gasteiger partial charge < -0.3 is 9.84 Å². The molecule has 0 N–H and O–H groups in total. The summed E-state index contributed by atoms with van der Waals surface area (Å²) in [7, 11) is 0. The summed E-state index contributed by atoms with van der Waals surface area (Å²) in [6.07, 6.45) is -12.6. The van der Waals surface area contributed by atoms with Crippen LogP contribution in [0.1, 0.15) is 20.8 Å². The lowest BCUT2D eigenvalue weighted by atomic mass is 9.98. The van der Waals surface area contributed by atoms with Crippen LogP contribution in [0.5, 0.6) is 0 Å². The molecule has 9 heteroatoms. The largest absolute Gasteiger partial charge is 0.828 e. The second-order valence-electron chi connectivity index (χ2n) is 4.81. The molecule has 3 nitrogen and oxygen atoms in total. The van der Waals surface area contributed by atoms with Gasteiger partial charge in [0.15, 0.2) is 5.60 Å². The molecule has 0 aromatic rings. The molecule has 0 aliphatic carbocycles. The number of carbonyl (C=O) groups excluding carboxylic acids is 1. The van der Waals surface area contributed by atoms with Crippen LogP contribution in [0, 0.1) is 5.41 Å². The molecule has 108 valence electrons. The number of ether oxygens (including phenoxy) is 1. The summed E-state index contributed by atoms with van der Waals surface area (Å²) in [5.74, 6) is -2.89. The normalized spacial score (nSPS) is 14.6. The molecular weight excluding hydrogens is 270 g/mol. The van der Waals surface area contributed by atoms with Crippen LogP contribution in [0.15, 0.2) is 0 Å². The molecule has 0 spiro atoms. The summed E-state index contributed by atoms with van der Waals surface area (Å²) in [6.45, 7) is 3.50. The molecule has 0 aromatic carbocycles. The highest BCUT2D eigenvalue weighted by Crippen LogP contribution is 2.41. The lowest BCUT2D eigenvalue weighted by Gasteiger charge is -2.40. The summed E-state index contributed by atoms with van der Waals surface area (Å²) in [5, 5.41) is 10.8. The molecule has 0 unspecified atom stereocenters. The smallest absolute Gasteiger partial charge is 0.399 e. The summed E-state index contributed by atoms with van der Waals surface area (Å²) in [5.41, 5.74) is -6.63. The van der Waals surface area contributed by atoms with Crippen molar-refractivity contribution in [3.8, 4) is 0 Å². The fourth-order valence-electron chi connectivity index (χ4n) is 0.776. The number of rotatable bonds is 2. The first-order valence-corrected chi connectivity index (χ1v) is 4.64. The Bertz CT molecular complexity index is 298. The van der Waals surface area contributed by atoms with Crippen LogP contribution in [0.25, 0.3) is 0 Å². The monoisotopic (exact) mass is 281 g/mol. The lowest BCUT2D eigenvalue weighted by Crippen LogP contribution is -2.71. The average Bonchev–Trinajstić information content (AvgIpc) is 2.07. The van der Waals surface area contributed by atoms with Crippen molar-refractivity contribution in [2.24, 2.45) is 5.41 Å². The molecular formula is C9H11F6O3-. The molecule has 0 rings (SSSR count). The van der Waals surface area contributed by atoms with Gasteiger partial charge in [-0.25, -0.2) is 0 Å². The van der Waals surface area contributed by atoms with E-state index in [-0.39, 0.29) is 0 Å². The number of alkyl halides is 6. The van der Waals surface area contributed by atoms with Gasteiger partial charge in [0.1, 0.15) is 0 Å². The van der Waals surface area contributed by atoms with Crippen LogP contribution in [-0.2, 0) is 9.53 Å². The highest BCUT2D eigenvalue weighted by atomic mass is 19.4. The molecule has 0 fully saturated rings. The Hall–Kier alpha value is -0.990. The fraction of sp³-hybridized carbons (Fsp3) is 0.889. The molecule has 18 heavy (non-hydrogen) atoms. The second-order valence-corrected chi connectivity index (χ2v) is 4.81. The van der Waals surface area contributed by atoms with Gasteiger partial charge in [-0.2, -0.15) is 26.3 Å². The minimum Gasteiger partial charge on any atom is -0.828 e. The zero-order valence-corrected chi connectivity index (χ0v) is 9.70. The number of esters is 1. The molecule has 0 saturated heterocycles. The summed E-state index contributed by atoms with van der Waals surface area (Å²) in [4.78, 5) is 10.8. The van der Waals surface area contributed by atoms with Gasteiger partial charge in [0, 0.05) is 0 Å². The first kappa shape index (κ1) is 17.0. The van der Waals surface area contributed by atoms with Crippen molar-refractivity contribution in [2.45, 2.75) is 38.7 Å². The second kappa shape index (κ2) is 4.60. The van der Waals surface area contributed by atoms with Crippen molar-refractivity contribution < 1.29 is 41.0 Å². The molecule has 0 bridgehead atoms. The van der Waals surface area contributed by atoms with E-state index in [0.717, 1.165) is 0 Å². The molecule has 0 atom stereocenters. The molecule has 0 amide bonds. The molecule has 0 aromatic heterocycles. The van der Waals surface area contributed by atoms with Crippen LogP contribution >= 0.6 is 0 Å². The van der Waals surface area contributed by atoms with Gasteiger partial charge in [-0.1, -0.05) is 20.8 Å². The van der Waals surface area contributed by atoms with E-state index in [0.29, 0.717) is 0 Å². The minimum absolute atomic E-state index is 0.734. The van der Waals surface area contributed by atoms with Gasteiger partial charge in [-0.3, -0.25) is 4.79 Å². The van der Waals surface area contributed by atoms with E-state index in [4.69, 9.17) is 0 Å². The number of carbonyl (C=O) groups is 1. The van der Waals surface area contributed by atoms with Crippen LogP contribution < -0.4 is 5.11 Å². The maximum absolute atomic E-state index is 12.1. The highest BCUT2D eigenvalue weighted by Gasteiger charge is 2.68. The van der Waals surface area contributed by atoms with Gasteiger partial charge in [0.2, 0.25) is 0 Å². The first-order valence-electron chi connectivity index (χ1n) is 4.64. The van der Waals surface area contributed by atoms with E-state index in [1.54, 1.807) is 0 Å². The quantitative estimate of drug-likeness (QED) is 0.573. The first-order chi connectivity index (χ1) is 7.63. The Kier molecular flexibility index (Phi) is 4.34. The minimum atomic E-state index is -6.32. The summed E-state index contributed by atoms with van der Waals surface area (Å²) in [6, 6.07) is 0. The third-order valence-corrected chi connectivity index (χ3v) is 1.72. The predicted molar refractivity (Wildman–Crippen MR) is 45.3 cm³/mol. The lowest BCUT2D eigenvalue weighted by molar-refractivity contribution is -0.574. The molecule has 0 saturated carbocycles. The molecule has 0 aliphatic heterocycles. The van der Waals surface area contributed by atoms with Gasteiger partial charge in [0.25, 0.3) is 0 Å². The maximum atomic E-state index is 12.1. The van der Waals surface area contributed by atoms with Crippen molar-refractivity contribution in [2.75, 3.05) is 6.61 Å². The number of halogens is 6. The van der Waals surface area contributed by atoms with Crippen molar-refractivity contribution in [1.82, 2.24) is 0 Å². The fourth-order valence-corrected chi connectivity index (χ4v) is 0.776. The van der Waals surface area contributed by atoms with Crippen LogP contribution in [-0.4, -0.2) is 30.5 Å². The van der Waals surface area contributed by atoms with Crippen molar-refractivity contribution in [3.63, 3.8) is 0 Å². The Labute approximate surface area is 98.7 Å². The molecule has 0 radical (unpaired) electrons. The third kappa shape index (κ3) is 3.50. The standard InChI is InChI=1S/C9H11F6O3/c1-6(2,3)4-18-5(16)7(17,8(10,11)12)9(13,14)15/h4H2,1-3H3/q-1. The topological polar surface area (TPSA) is 49.4 Å². The van der Waals surface area contributed by atoms with Crippen LogP contribution in [0.4, 0.5) is 26.3 Å². The van der Waals surface area contributed by atoms with Crippen molar-refractivity contribution in [3.05, 3.63) is 0 Å². The Morgan fingerprint density at radius 1 is 1.00 bits per heavy atom. The number of hydrogen-bond acceptors (Lipinski definition) is 3. The van der Waals surface area contributed by atoms with E-state index in [1.165, 1.54) is 20.8 Å². The highest BCUT2D eigenvalue weighted by molar-refractivity contribution is 5.81. The van der Waals surface area contributed by atoms with E-state index in [9.17, 15) is 36.2 Å². The van der Waals surface area contributed by atoms with E-state index in [2.05, 4.69) is 4.74 Å².